The van der Waals surface area contributed by atoms with Crippen molar-refractivity contribution in [3.05, 3.63) is 119 Å². The monoisotopic (exact) mass is 971 g/mol. The number of esters is 1. The van der Waals surface area contributed by atoms with E-state index in [4.69, 9.17) is 9.15 Å². The van der Waals surface area contributed by atoms with Gasteiger partial charge in [-0.25, -0.2) is 9.37 Å². The first-order valence-electron chi connectivity index (χ1n) is 28.2. The Morgan fingerprint density at radius 2 is 1.50 bits per heavy atom. The fraction of sp³-hybridized carbons (Fsp3) is 0.554. The zero-order valence-corrected chi connectivity index (χ0v) is 45.6. The number of allylic oxidation sites excluding steroid dienone is 2. The Morgan fingerprint density at radius 3 is 2.24 bits per heavy atom. The van der Waals surface area contributed by atoms with Gasteiger partial charge in [0.05, 0.1) is 17.0 Å². The first-order valence-corrected chi connectivity index (χ1v) is 28.2. The summed E-state index contributed by atoms with van der Waals surface area (Å²) in [5.74, 6) is 3.00. The van der Waals surface area contributed by atoms with Crippen molar-refractivity contribution < 1.29 is 18.7 Å². The van der Waals surface area contributed by atoms with Gasteiger partial charge in [-0.3, -0.25) is 4.79 Å². The van der Waals surface area contributed by atoms with Gasteiger partial charge in [-0.15, -0.1) is 0 Å². The molecule has 382 valence electrons. The lowest BCUT2D eigenvalue weighted by atomic mass is 9.33. The number of amides is 1. The molecule has 4 saturated carbocycles. The van der Waals surface area contributed by atoms with Crippen molar-refractivity contribution in [3.8, 4) is 22.5 Å². The molecule has 0 spiro atoms. The van der Waals surface area contributed by atoms with Crippen LogP contribution in [0.5, 0.6) is 0 Å². The Balaban J connectivity index is 0.953. The van der Waals surface area contributed by atoms with Crippen LogP contribution in [0.1, 0.15) is 150 Å². The number of rotatable bonds is 11. The van der Waals surface area contributed by atoms with Crippen LogP contribution in [0.25, 0.3) is 33.4 Å². The third-order valence-corrected chi connectivity index (χ3v) is 21.3. The normalized spacial score (nSPS) is 31.6. The quantitative estimate of drug-likeness (QED) is 0.0618. The predicted molar refractivity (Wildman–Crippen MR) is 295 cm³/mol. The molecule has 1 N–H and O–H groups in total. The van der Waals surface area contributed by atoms with Gasteiger partial charge in [0.2, 0.25) is 11.3 Å². The molecule has 7 nitrogen and oxygen atoms in total. The van der Waals surface area contributed by atoms with Crippen LogP contribution in [-0.2, 0) is 16.1 Å². The van der Waals surface area contributed by atoms with Gasteiger partial charge in [0.1, 0.15) is 30.5 Å². The van der Waals surface area contributed by atoms with Gasteiger partial charge >= 0.3 is 5.97 Å². The van der Waals surface area contributed by atoms with E-state index < -0.39 is 0 Å². The third kappa shape index (κ3) is 7.82. The Bertz CT molecular complexity index is 2920. The minimum Gasteiger partial charge on any atom is -0.458 e. The molecule has 3 aromatic rings. The van der Waals surface area contributed by atoms with Crippen LogP contribution in [-0.4, -0.2) is 44.2 Å². The molecule has 6 aliphatic carbocycles. The Morgan fingerprint density at radius 1 is 0.764 bits per heavy atom. The highest BCUT2D eigenvalue weighted by Crippen LogP contribution is 2.76. The molecule has 7 aliphatic rings. The van der Waals surface area contributed by atoms with Crippen LogP contribution in [0.2, 0.25) is 0 Å². The van der Waals surface area contributed by atoms with Crippen molar-refractivity contribution in [2.75, 3.05) is 31.1 Å². The van der Waals surface area contributed by atoms with E-state index in [1.54, 1.807) is 5.57 Å². The fourth-order valence-corrected chi connectivity index (χ4v) is 16.8. The van der Waals surface area contributed by atoms with E-state index in [9.17, 15) is 4.79 Å². The summed E-state index contributed by atoms with van der Waals surface area (Å²) >= 11 is 0. The number of ether oxygens (including phenoxy) is 1. The molecule has 0 bridgehead atoms. The molecule has 10 rings (SSSR count). The molecule has 1 amide bonds. The minimum atomic E-state index is -0.363. The maximum atomic E-state index is 15.1. The van der Waals surface area contributed by atoms with Crippen LogP contribution in [0.4, 0.5) is 5.69 Å². The van der Waals surface area contributed by atoms with Gasteiger partial charge in [0, 0.05) is 59.4 Å². The van der Waals surface area contributed by atoms with Crippen molar-refractivity contribution in [1.29, 1.82) is 0 Å². The van der Waals surface area contributed by atoms with E-state index in [0.717, 1.165) is 134 Å². The van der Waals surface area contributed by atoms with Crippen molar-refractivity contribution >= 4 is 28.5 Å². The largest absolute Gasteiger partial charge is 0.458 e. The number of carbonyl (C=O) groups is 2. The van der Waals surface area contributed by atoms with Crippen LogP contribution < -0.4 is 20.1 Å². The number of hydrogen-bond acceptors (Lipinski definition) is 5. The highest BCUT2D eigenvalue weighted by Gasteiger charge is 2.69. The Labute approximate surface area is 431 Å². The van der Waals surface area contributed by atoms with Gasteiger partial charge in [-0.2, -0.15) is 0 Å². The van der Waals surface area contributed by atoms with Crippen LogP contribution >= 0.6 is 0 Å². The molecule has 4 fully saturated rings. The van der Waals surface area contributed by atoms with Gasteiger partial charge in [-0.1, -0.05) is 109 Å². The van der Waals surface area contributed by atoms with Crippen LogP contribution in [0, 0.1) is 56.7 Å². The van der Waals surface area contributed by atoms with Crippen molar-refractivity contribution in [1.82, 2.24) is 9.89 Å². The molecule has 1 heterocycles. The second-order valence-corrected chi connectivity index (χ2v) is 24.5. The maximum absolute atomic E-state index is 15.1. The average Bonchev–Trinajstić information content (AvgIpc) is 3.38. The lowest BCUT2D eigenvalue weighted by Gasteiger charge is -2.71. The molecule has 0 radical (unpaired) electrons. The van der Waals surface area contributed by atoms with E-state index >= 15 is 4.79 Å². The lowest BCUT2D eigenvalue weighted by molar-refractivity contribution is -0.205. The van der Waals surface area contributed by atoms with Gasteiger partial charge in [0.15, 0.2) is 0 Å². The maximum Gasteiger partial charge on any atom is 0.339 e. The number of nitrogens with one attached hydrogen (secondary N) is 1. The smallest absolute Gasteiger partial charge is 0.339 e. The molecule has 0 saturated heterocycles. The summed E-state index contributed by atoms with van der Waals surface area (Å²) in [6.07, 6.45) is 11.7. The zero-order chi connectivity index (χ0) is 51.0. The average molecular weight is 971 g/mol. The molecular weight excluding hydrogens is 887 g/mol. The predicted octanol–water partition coefficient (Wildman–Crippen LogP) is 14.4. The summed E-state index contributed by atoms with van der Waals surface area (Å²) in [5, 5.41) is 5.58. The standard InChI is InChI=1S/C65H83N3O4/c1-12-67(13-2)45-25-27-49-52(39-45)71-53-40-46(68(14-3)15-4)26-28-50(53)57(49)47-23-19-20-24-48(47)59(69)72-56-33-34-62(9)54(61(56,7)8)32-35-64(11)55(62)30-29-51-58-43(6)42(5)31-36-65(58,38-37-63(51,64)10)60(70)66-41-44-21-17-16-18-22-44/h16-29,39-40,42-43,54-56,58H,12-15,30-38,41H2,1-11H3/p+1/t42-,43+,54+,55-,56+,58+,62+,63-,64-,65+/m1/s1. The first kappa shape index (κ1) is 50.4. The Kier molecular flexibility index (Phi) is 13.3. The Hall–Kier alpha value is -5.17. The number of hydrogen-bond donors (Lipinski definition) is 1. The SMILES string of the molecule is CCN(CC)c1ccc2c(-c3ccccc3C(=O)O[C@H]3CC[C@]4(C)[C@H]5CC=C6[C@@H]7[C@@H](C)[C@H](C)CC[C@]7(C(=O)NCc7ccccc7)CC[C@@]6(C)[C@]5(C)CC[C@H]4C3(C)C)c3ccc(=[N+](CC)CC)cc-3oc2c1. The molecule has 7 heteroatoms. The zero-order valence-electron chi connectivity index (χ0n) is 45.6. The summed E-state index contributed by atoms with van der Waals surface area (Å²) < 4.78 is 16.1. The second kappa shape index (κ2) is 19.0. The van der Waals surface area contributed by atoms with Crippen molar-refractivity contribution in [3.63, 3.8) is 0 Å². The van der Waals surface area contributed by atoms with Gasteiger partial charge in [0.25, 0.3) is 0 Å². The number of benzene rings is 4. The van der Waals surface area contributed by atoms with E-state index in [-0.39, 0.29) is 51.0 Å². The third-order valence-electron chi connectivity index (χ3n) is 21.3. The van der Waals surface area contributed by atoms with Crippen molar-refractivity contribution in [2.24, 2.45) is 56.7 Å². The molecule has 3 aromatic carbocycles. The number of nitrogens with zero attached hydrogens (tertiary/aromatic N) is 2. The second-order valence-electron chi connectivity index (χ2n) is 24.5. The van der Waals surface area contributed by atoms with Crippen LogP contribution in [0.3, 0.4) is 0 Å². The highest BCUT2D eigenvalue weighted by molar-refractivity contribution is 6.08. The van der Waals surface area contributed by atoms with Crippen molar-refractivity contribution in [2.45, 2.75) is 147 Å². The summed E-state index contributed by atoms with van der Waals surface area (Å²) in [5.41, 5.74) is 7.73. The summed E-state index contributed by atoms with van der Waals surface area (Å²) in [4.78, 5) is 32.2. The molecule has 72 heavy (non-hydrogen) atoms. The van der Waals surface area contributed by atoms with Crippen LogP contribution in [0.15, 0.2) is 107 Å². The fourth-order valence-electron chi connectivity index (χ4n) is 16.8. The summed E-state index contributed by atoms with van der Waals surface area (Å²) in [7, 11) is 0. The van der Waals surface area contributed by atoms with Gasteiger partial charge < -0.3 is 19.4 Å². The first-order chi connectivity index (χ1) is 34.5. The molecule has 1 aliphatic heterocycles. The molecule has 0 aromatic heterocycles. The number of fused-ring (bicyclic) bond motifs is 9. The molecular formula is C65H84N3O4+. The summed E-state index contributed by atoms with van der Waals surface area (Å²) in [6, 6.07) is 31.6. The molecule has 10 atom stereocenters. The minimum absolute atomic E-state index is 0.0131. The van der Waals surface area contributed by atoms with Gasteiger partial charge in [-0.05, 0) is 167 Å². The highest BCUT2D eigenvalue weighted by atomic mass is 16.5. The van der Waals surface area contributed by atoms with E-state index in [1.807, 2.05) is 24.3 Å². The number of carbonyl (C=O) groups excluding carboxylic acids is 2. The lowest BCUT2D eigenvalue weighted by Crippen LogP contribution is -2.66. The topological polar surface area (TPSA) is 74.8 Å². The van der Waals surface area contributed by atoms with E-state index in [1.165, 1.54) is 0 Å². The van der Waals surface area contributed by atoms with E-state index in [2.05, 4.69) is 164 Å². The molecule has 0 unspecified atom stereocenters. The number of anilines is 1. The van der Waals surface area contributed by atoms with E-state index in [0.29, 0.717) is 35.8 Å². The summed E-state index contributed by atoms with van der Waals surface area (Å²) in [6.45, 7) is 30.5.